The number of aliphatic hydroxyl groups excluding tert-OH is 1. The molecule has 5 saturated carbocycles. The van der Waals surface area contributed by atoms with Crippen molar-refractivity contribution >= 4 is 23.3 Å². The number of aliphatic carboxylic acids is 1. The van der Waals surface area contributed by atoms with E-state index in [1.807, 2.05) is 11.4 Å². The molecule has 6 nitrogen and oxygen atoms in total. The maximum absolute atomic E-state index is 13.2. The van der Waals surface area contributed by atoms with Crippen LogP contribution in [-0.4, -0.2) is 47.1 Å². The summed E-state index contributed by atoms with van der Waals surface area (Å²) in [7, 11) is 0. The van der Waals surface area contributed by atoms with Crippen molar-refractivity contribution in [3.05, 3.63) is 22.4 Å². The van der Waals surface area contributed by atoms with Crippen molar-refractivity contribution in [1.82, 2.24) is 0 Å². The van der Waals surface area contributed by atoms with Crippen molar-refractivity contribution in [2.24, 2.45) is 56.7 Å². The van der Waals surface area contributed by atoms with Gasteiger partial charge in [0.15, 0.2) is 0 Å². The van der Waals surface area contributed by atoms with Crippen LogP contribution in [0.4, 0.5) is 0 Å². The summed E-state index contributed by atoms with van der Waals surface area (Å²) in [6, 6.07) is 3.64. The molecule has 0 amide bonds. The van der Waals surface area contributed by atoms with E-state index in [9.17, 15) is 19.8 Å². The van der Waals surface area contributed by atoms with E-state index in [4.69, 9.17) is 9.47 Å². The lowest BCUT2D eigenvalue weighted by molar-refractivity contribution is -0.250. The van der Waals surface area contributed by atoms with Gasteiger partial charge in [0.1, 0.15) is 17.1 Å². The number of epoxide rings is 1. The summed E-state index contributed by atoms with van der Waals surface area (Å²) in [5.41, 5.74) is -0.994. The molecule has 1 aromatic rings. The number of hydrogen-bond donors (Lipinski definition) is 2. The second-order valence-corrected chi connectivity index (χ2v) is 17.5. The average Bonchev–Trinajstić information content (AvgIpc) is 3.32. The zero-order valence-corrected chi connectivity index (χ0v) is 26.9. The number of thiophene rings is 1. The van der Waals surface area contributed by atoms with Crippen molar-refractivity contribution in [3.8, 4) is 0 Å². The van der Waals surface area contributed by atoms with E-state index in [-0.39, 0.29) is 52.2 Å². The third-order valence-corrected chi connectivity index (χ3v) is 16.0. The SMILES string of the molecule is CC1(C)[C@H](O)CC[C@]2(C)[C@H]3CCC4[C@@H]5[C@H](C6(COC(=O)c7cccs7)CO6)CC[C@]5(C(=O)O)CC[C@@]4(C)[C@]3(C)CC[C@@H]12. The molecule has 0 bridgehead atoms. The van der Waals surface area contributed by atoms with Crippen LogP contribution in [0.25, 0.3) is 0 Å². The first kappa shape index (κ1) is 29.3. The molecule has 5 aliphatic carbocycles. The molecule has 0 radical (unpaired) electrons. The van der Waals surface area contributed by atoms with Gasteiger partial charge in [-0.2, -0.15) is 0 Å². The summed E-state index contributed by atoms with van der Waals surface area (Å²) in [4.78, 5) is 26.6. The first-order chi connectivity index (χ1) is 19.8. The van der Waals surface area contributed by atoms with Crippen molar-refractivity contribution in [2.45, 2.75) is 111 Å². The number of aliphatic hydroxyl groups is 1. The van der Waals surface area contributed by atoms with Crippen molar-refractivity contribution in [1.29, 1.82) is 0 Å². The van der Waals surface area contributed by atoms with E-state index < -0.39 is 17.0 Å². The van der Waals surface area contributed by atoms with Gasteiger partial charge >= 0.3 is 11.9 Å². The molecule has 2 heterocycles. The summed E-state index contributed by atoms with van der Waals surface area (Å²) >= 11 is 1.38. The van der Waals surface area contributed by atoms with E-state index in [0.717, 1.165) is 57.8 Å². The summed E-state index contributed by atoms with van der Waals surface area (Å²) < 4.78 is 12.0. The average molecular weight is 599 g/mol. The largest absolute Gasteiger partial charge is 0.481 e. The molecule has 1 saturated heterocycles. The minimum Gasteiger partial charge on any atom is -0.481 e. The topological polar surface area (TPSA) is 96.4 Å². The molecule has 6 fully saturated rings. The Balaban J connectivity index is 1.21. The molecule has 1 aliphatic heterocycles. The van der Waals surface area contributed by atoms with E-state index in [1.165, 1.54) is 11.3 Å². The van der Waals surface area contributed by atoms with Crippen LogP contribution >= 0.6 is 11.3 Å². The van der Waals surface area contributed by atoms with Crippen LogP contribution in [0.1, 0.15) is 108 Å². The molecular formula is C35H50O6S. The molecular weight excluding hydrogens is 548 g/mol. The van der Waals surface area contributed by atoms with Crippen LogP contribution < -0.4 is 0 Å². The van der Waals surface area contributed by atoms with Gasteiger partial charge < -0.3 is 19.7 Å². The fraction of sp³-hybridized carbons (Fsp3) is 0.829. The molecule has 2 unspecified atom stereocenters. The van der Waals surface area contributed by atoms with Gasteiger partial charge in [-0.15, -0.1) is 11.3 Å². The fourth-order valence-electron chi connectivity index (χ4n) is 12.7. The van der Waals surface area contributed by atoms with Crippen LogP contribution in [0.2, 0.25) is 0 Å². The van der Waals surface area contributed by atoms with E-state index in [0.29, 0.717) is 35.7 Å². The normalized spacial score (nSPS) is 50.5. The number of rotatable bonds is 5. The Morgan fingerprint density at radius 1 is 0.929 bits per heavy atom. The zero-order valence-electron chi connectivity index (χ0n) is 26.1. The Hall–Kier alpha value is -1.44. The van der Waals surface area contributed by atoms with Crippen LogP contribution in [-0.2, 0) is 14.3 Å². The zero-order chi connectivity index (χ0) is 29.9. The molecule has 6 aliphatic rings. The number of fused-ring (bicyclic) bond motifs is 7. The Kier molecular flexibility index (Phi) is 6.48. The second kappa shape index (κ2) is 9.29. The smallest absolute Gasteiger partial charge is 0.348 e. The summed E-state index contributed by atoms with van der Waals surface area (Å²) in [6.07, 6.45) is 9.43. The quantitative estimate of drug-likeness (QED) is 0.275. The molecule has 2 N–H and O–H groups in total. The standard InChI is InChI=1S/C35H50O6S/c1-30(2)24-11-14-33(5)25(31(24,3)13-12-26(30)36)9-8-21-27-22(10-15-34(27,29(38)39)17-16-32(21,33)4)35(20-41-35)19-40-28(37)23-7-6-18-42-23/h6-7,18,21-22,24-27,36H,8-17,19-20H2,1-5H3,(H,38,39)/t21?,22-,24+,25-,26-,27-,31+,32-,33-,34+,35?/m1/s1. The summed E-state index contributed by atoms with van der Waals surface area (Å²) in [5.74, 6) is 0.576. The van der Waals surface area contributed by atoms with Gasteiger partial charge in [0, 0.05) is 0 Å². The Labute approximate surface area is 254 Å². The molecule has 42 heavy (non-hydrogen) atoms. The highest BCUT2D eigenvalue weighted by molar-refractivity contribution is 7.11. The fourth-order valence-corrected chi connectivity index (χ4v) is 13.3. The molecule has 232 valence electrons. The van der Waals surface area contributed by atoms with E-state index in [1.54, 1.807) is 6.07 Å². The highest BCUT2D eigenvalue weighted by Crippen LogP contribution is 2.78. The van der Waals surface area contributed by atoms with Crippen molar-refractivity contribution in [2.75, 3.05) is 13.2 Å². The number of carbonyl (C=O) groups excluding carboxylic acids is 1. The maximum atomic E-state index is 13.2. The number of esters is 1. The van der Waals surface area contributed by atoms with E-state index >= 15 is 0 Å². The molecule has 1 aromatic heterocycles. The lowest BCUT2D eigenvalue weighted by Gasteiger charge is -2.72. The highest BCUT2D eigenvalue weighted by atomic mass is 32.1. The number of hydrogen-bond acceptors (Lipinski definition) is 6. The number of carboxylic acids is 1. The second-order valence-electron chi connectivity index (χ2n) is 16.6. The monoisotopic (exact) mass is 598 g/mol. The van der Waals surface area contributed by atoms with Crippen LogP contribution in [0.5, 0.6) is 0 Å². The Bertz CT molecular complexity index is 1250. The van der Waals surface area contributed by atoms with Crippen LogP contribution in [0, 0.1) is 56.7 Å². The predicted octanol–water partition coefficient (Wildman–Crippen LogP) is 7.20. The minimum atomic E-state index is -0.715. The van der Waals surface area contributed by atoms with Gasteiger partial charge in [-0.25, -0.2) is 4.79 Å². The third-order valence-electron chi connectivity index (χ3n) is 15.2. The lowest BCUT2D eigenvalue weighted by Crippen LogP contribution is -2.67. The molecule has 7 rings (SSSR count). The molecule has 0 aromatic carbocycles. The lowest BCUT2D eigenvalue weighted by atomic mass is 9.32. The molecule has 0 spiro atoms. The maximum Gasteiger partial charge on any atom is 0.348 e. The van der Waals surface area contributed by atoms with Gasteiger partial charge in [-0.1, -0.05) is 40.7 Å². The Morgan fingerprint density at radius 2 is 1.69 bits per heavy atom. The van der Waals surface area contributed by atoms with Gasteiger partial charge in [0.2, 0.25) is 0 Å². The first-order valence-corrected chi connectivity index (χ1v) is 17.4. The summed E-state index contributed by atoms with van der Waals surface area (Å²) in [6.45, 7) is 13.0. The predicted molar refractivity (Wildman–Crippen MR) is 161 cm³/mol. The van der Waals surface area contributed by atoms with Crippen molar-refractivity contribution < 1.29 is 29.3 Å². The van der Waals surface area contributed by atoms with E-state index in [2.05, 4.69) is 34.6 Å². The minimum absolute atomic E-state index is 0.0320. The van der Waals surface area contributed by atoms with Crippen LogP contribution in [0.3, 0.4) is 0 Å². The number of ether oxygens (including phenoxy) is 2. The molecule has 11 atom stereocenters. The van der Waals surface area contributed by atoms with Gasteiger partial charge in [0.25, 0.3) is 0 Å². The highest BCUT2D eigenvalue weighted by Gasteiger charge is 2.74. The van der Waals surface area contributed by atoms with Crippen molar-refractivity contribution in [3.63, 3.8) is 0 Å². The summed E-state index contributed by atoms with van der Waals surface area (Å²) in [5, 5.41) is 23.7. The molecule has 7 heteroatoms. The van der Waals surface area contributed by atoms with Gasteiger partial charge in [-0.3, -0.25) is 4.79 Å². The third kappa shape index (κ3) is 3.68. The van der Waals surface area contributed by atoms with Crippen LogP contribution in [0.15, 0.2) is 17.5 Å². The van der Waals surface area contributed by atoms with Gasteiger partial charge in [-0.05, 0) is 127 Å². The Morgan fingerprint density at radius 3 is 2.36 bits per heavy atom. The number of carboxylic acid groups (broad SMARTS) is 1. The first-order valence-electron chi connectivity index (χ1n) is 16.5. The van der Waals surface area contributed by atoms with Gasteiger partial charge in [0.05, 0.1) is 18.1 Å². The number of carbonyl (C=O) groups is 2.